The molecule has 3 aromatic rings. The van der Waals surface area contributed by atoms with Crippen molar-refractivity contribution in [2.24, 2.45) is 7.05 Å². The average molecular weight is 453 g/mol. The number of hydrogen-bond acceptors (Lipinski definition) is 5. The lowest BCUT2D eigenvalue weighted by molar-refractivity contribution is 0.0127. The Kier molecular flexibility index (Phi) is 5.39. The van der Waals surface area contributed by atoms with E-state index >= 15 is 0 Å². The number of amides is 1. The van der Waals surface area contributed by atoms with Crippen molar-refractivity contribution in [3.8, 4) is 17.1 Å². The smallest absolute Gasteiger partial charge is 0.260 e. The lowest BCUT2D eigenvalue weighted by atomic mass is 9.96. The van der Waals surface area contributed by atoms with Gasteiger partial charge in [0, 0.05) is 19.4 Å². The molecule has 1 aliphatic heterocycles. The van der Waals surface area contributed by atoms with Crippen molar-refractivity contribution in [1.29, 1.82) is 0 Å². The Labute approximate surface area is 191 Å². The highest BCUT2D eigenvalue weighted by Gasteiger charge is 2.38. The summed E-state index contributed by atoms with van der Waals surface area (Å²) >= 11 is 6.62. The molecular formula is C24H25ClN4O3. The number of benzene rings is 1. The van der Waals surface area contributed by atoms with Crippen molar-refractivity contribution in [1.82, 2.24) is 19.7 Å². The number of aromatic nitrogens is 3. The van der Waals surface area contributed by atoms with E-state index in [0.29, 0.717) is 29.2 Å². The number of rotatable bonds is 4. The Hall–Kier alpha value is -2.90. The highest BCUT2D eigenvalue weighted by atomic mass is 35.5. The number of pyridine rings is 1. The first-order chi connectivity index (χ1) is 15.4. The topological polar surface area (TPSA) is 80.5 Å². The van der Waals surface area contributed by atoms with Gasteiger partial charge >= 0.3 is 0 Å². The Morgan fingerprint density at radius 1 is 1.25 bits per heavy atom. The van der Waals surface area contributed by atoms with E-state index < -0.39 is 6.10 Å². The minimum atomic E-state index is -0.506. The monoisotopic (exact) mass is 452 g/mol. The number of fused-ring (bicyclic) bond motifs is 1. The van der Waals surface area contributed by atoms with E-state index in [-0.39, 0.29) is 18.7 Å². The summed E-state index contributed by atoms with van der Waals surface area (Å²) in [5, 5.41) is 15.1. The van der Waals surface area contributed by atoms with Crippen LogP contribution in [0.1, 0.15) is 46.3 Å². The normalized spacial score (nSPS) is 20.4. The Bertz CT molecular complexity index is 1170. The van der Waals surface area contributed by atoms with Crippen LogP contribution in [0.3, 0.4) is 0 Å². The van der Waals surface area contributed by atoms with E-state index in [0.717, 1.165) is 40.9 Å². The second-order valence-electron chi connectivity index (χ2n) is 8.57. The van der Waals surface area contributed by atoms with Crippen LogP contribution in [0.5, 0.6) is 5.75 Å². The van der Waals surface area contributed by atoms with Crippen LogP contribution in [0, 0.1) is 6.92 Å². The van der Waals surface area contributed by atoms with E-state index in [2.05, 4.69) is 10.1 Å². The molecule has 1 aromatic carbocycles. The van der Waals surface area contributed by atoms with Crippen LogP contribution in [0.4, 0.5) is 0 Å². The average Bonchev–Trinajstić information content (AvgIpc) is 3.41. The van der Waals surface area contributed by atoms with Crippen LogP contribution >= 0.6 is 11.6 Å². The fraction of sp³-hybridized carbons (Fsp3) is 0.375. The molecule has 1 aliphatic carbocycles. The molecule has 0 saturated heterocycles. The fourth-order valence-corrected chi connectivity index (χ4v) is 4.87. The molecule has 32 heavy (non-hydrogen) atoms. The van der Waals surface area contributed by atoms with Gasteiger partial charge in [-0.3, -0.25) is 19.4 Å². The molecular weight excluding hydrogens is 428 g/mol. The van der Waals surface area contributed by atoms with Gasteiger partial charge in [-0.2, -0.15) is 5.10 Å². The van der Waals surface area contributed by atoms with Crippen LogP contribution in [-0.4, -0.2) is 49.6 Å². The number of ether oxygens (including phenoxy) is 1. The van der Waals surface area contributed by atoms with Crippen LogP contribution in [0.2, 0.25) is 5.02 Å². The number of carbonyl (C=O) groups excluding carboxylic acids is 1. The lowest BCUT2D eigenvalue weighted by Crippen LogP contribution is -2.48. The molecule has 1 amide bonds. The molecule has 0 radical (unpaired) electrons. The summed E-state index contributed by atoms with van der Waals surface area (Å²) in [4.78, 5) is 19.5. The Morgan fingerprint density at radius 3 is 2.75 bits per heavy atom. The third kappa shape index (κ3) is 3.65. The van der Waals surface area contributed by atoms with Gasteiger partial charge in [-0.1, -0.05) is 17.7 Å². The Balaban J connectivity index is 1.42. The van der Waals surface area contributed by atoms with E-state index in [1.807, 2.05) is 50.6 Å². The molecule has 7 nitrogen and oxygen atoms in total. The minimum Gasteiger partial charge on any atom is -0.471 e. The molecule has 166 valence electrons. The number of hydrogen-bond donors (Lipinski definition) is 1. The quantitative estimate of drug-likeness (QED) is 0.652. The Morgan fingerprint density at radius 2 is 2.09 bits per heavy atom. The number of aliphatic hydroxyl groups is 1. The molecule has 1 saturated carbocycles. The number of nitrogens with zero attached hydrogens (tertiary/aromatic N) is 4. The van der Waals surface area contributed by atoms with Crippen molar-refractivity contribution in [2.45, 2.75) is 44.8 Å². The molecule has 1 fully saturated rings. The second-order valence-corrected chi connectivity index (χ2v) is 8.95. The van der Waals surface area contributed by atoms with Crippen LogP contribution in [-0.2, 0) is 13.5 Å². The van der Waals surface area contributed by atoms with Crippen molar-refractivity contribution < 1.29 is 14.6 Å². The van der Waals surface area contributed by atoms with Crippen LogP contribution < -0.4 is 4.74 Å². The number of aryl methyl sites for hydroxylation is 1. The van der Waals surface area contributed by atoms with Gasteiger partial charge in [0.2, 0.25) is 0 Å². The molecule has 1 N–H and O–H groups in total. The van der Waals surface area contributed by atoms with Gasteiger partial charge in [0.05, 0.1) is 28.4 Å². The molecule has 2 aliphatic rings. The number of halogens is 1. The third-order valence-corrected chi connectivity index (χ3v) is 6.91. The predicted octanol–water partition coefficient (Wildman–Crippen LogP) is 3.74. The van der Waals surface area contributed by atoms with Gasteiger partial charge in [0.15, 0.2) is 12.5 Å². The summed E-state index contributed by atoms with van der Waals surface area (Å²) in [5.41, 5.74) is 4.94. The molecule has 2 atom stereocenters. The van der Waals surface area contributed by atoms with Crippen LogP contribution in [0.15, 0.2) is 36.7 Å². The predicted molar refractivity (Wildman–Crippen MR) is 121 cm³/mol. The molecule has 8 heteroatoms. The van der Waals surface area contributed by atoms with Crippen molar-refractivity contribution in [3.05, 3.63) is 63.9 Å². The van der Waals surface area contributed by atoms with E-state index in [1.54, 1.807) is 9.58 Å². The van der Waals surface area contributed by atoms with E-state index in [9.17, 15) is 9.90 Å². The summed E-state index contributed by atoms with van der Waals surface area (Å²) in [6.07, 6.45) is 6.20. The maximum Gasteiger partial charge on any atom is 0.260 e. The van der Waals surface area contributed by atoms with Crippen molar-refractivity contribution in [2.75, 3.05) is 6.73 Å². The SMILES string of the molecule is Cc1c(Cc2ccc(-c3ccn(C)n3)nc2)cc2c(c1Cl)OCN([C@H]1CCC[C@@H]1O)C2=O. The second kappa shape index (κ2) is 8.22. The highest BCUT2D eigenvalue weighted by Crippen LogP contribution is 2.39. The fourth-order valence-electron chi connectivity index (χ4n) is 4.59. The zero-order valence-electron chi connectivity index (χ0n) is 18.1. The maximum atomic E-state index is 13.3. The summed E-state index contributed by atoms with van der Waals surface area (Å²) in [6, 6.07) is 7.56. The zero-order chi connectivity index (χ0) is 22.4. The van der Waals surface area contributed by atoms with Gasteiger partial charge in [0.25, 0.3) is 5.91 Å². The lowest BCUT2D eigenvalue weighted by Gasteiger charge is -2.35. The summed E-state index contributed by atoms with van der Waals surface area (Å²) < 4.78 is 7.64. The first-order valence-electron chi connectivity index (χ1n) is 10.8. The van der Waals surface area contributed by atoms with E-state index in [1.165, 1.54) is 0 Å². The van der Waals surface area contributed by atoms with Crippen molar-refractivity contribution in [3.63, 3.8) is 0 Å². The summed E-state index contributed by atoms with van der Waals surface area (Å²) in [7, 11) is 1.88. The van der Waals surface area contributed by atoms with Gasteiger partial charge in [-0.05, 0) is 67.5 Å². The molecule has 2 aromatic heterocycles. The zero-order valence-corrected chi connectivity index (χ0v) is 18.8. The summed E-state index contributed by atoms with van der Waals surface area (Å²) in [5.74, 6) is 0.300. The van der Waals surface area contributed by atoms with Crippen LogP contribution in [0.25, 0.3) is 11.4 Å². The first kappa shape index (κ1) is 21.0. The number of aliphatic hydroxyl groups excluding tert-OH is 1. The molecule has 0 unspecified atom stereocenters. The molecule has 0 spiro atoms. The molecule has 0 bridgehead atoms. The van der Waals surface area contributed by atoms with Gasteiger partial charge in [0.1, 0.15) is 5.69 Å². The standard InChI is InChI=1S/C24H25ClN4O3/c1-14-16(10-15-6-7-18(26-12-15)19-8-9-28(2)27-19)11-17-23(22(14)25)32-13-29(24(17)31)20-4-3-5-21(20)30/h6-9,11-12,20-21,30H,3-5,10,13H2,1-2H3/t20-,21-/m0/s1. The third-order valence-electron chi connectivity index (χ3n) is 6.45. The largest absolute Gasteiger partial charge is 0.471 e. The first-order valence-corrected chi connectivity index (χ1v) is 11.2. The van der Waals surface area contributed by atoms with E-state index in [4.69, 9.17) is 16.3 Å². The number of carbonyl (C=O) groups is 1. The maximum absolute atomic E-state index is 13.3. The highest BCUT2D eigenvalue weighted by molar-refractivity contribution is 6.33. The minimum absolute atomic E-state index is 0.116. The van der Waals surface area contributed by atoms with Crippen molar-refractivity contribution >= 4 is 17.5 Å². The van der Waals surface area contributed by atoms with Gasteiger partial charge < -0.3 is 9.84 Å². The van der Waals surface area contributed by atoms with Gasteiger partial charge in [-0.25, -0.2) is 0 Å². The summed E-state index contributed by atoms with van der Waals surface area (Å²) in [6.45, 7) is 2.06. The van der Waals surface area contributed by atoms with Gasteiger partial charge in [-0.15, -0.1) is 0 Å². The molecule has 5 rings (SSSR count). The molecule has 3 heterocycles.